The Morgan fingerprint density at radius 1 is 1.69 bits per heavy atom. The number of aromatic nitrogens is 1. The standard InChI is InChI=1S/C9H11N3O/c1-13-9-8(3-2-5-12-9)7-11-6-4-10/h2-3,5,11H,6-7H2,1H3. The summed E-state index contributed by atoms with van der Waals surface area (Å²) >= 11 is 0. The van der Waals surface area contributed by atoms with Gasteiger partial charge >= 0.3 is 0 Å². The van der Waals surface area contributed by atoms with Gasteiger partial charge in [-0.2, -0.15) is 5.26 Å². The van der Waals surface area contributed by atoms with Crippen LogP contribution in [-0.2, 0) is 6.54 Å². The van der Waals surface area contributed by atoms with Crippen LogP contribution in [0.1, 0.15) is 5.56 Å². The normalized spacial score (nSPS) is 9.23. The van der Waals surface area contributed by atoms with Crippen LogP contribution in [0.4, 0.5) is 0 Å². The monoisotopic (exact) mass is 177 g/mol. The smallest absolute Gasteiger partial charge is 0.217 e. The van der Waals surface area contributed by atoms with Crippen molar-refractivity contribution in [2.45, 2.75) is 6.54 Å². The van der Waals surface area contributed by atoms with Gasteiger partial charge in [-0.1, -0.05) is 6.07 Å². The first-order chi connectivity index (χ1) is 6.38. The zero-order valence-electron chi connectivity index (χ0n) is 7.45. The fraction of sp³-hybridized carbons (Fsp3) is 0.333. The van der Waals surface area contributed by atoms with Gasteiger partial charge in [0.1, 0.15) is 0 Å². The van der Waals surface area contributed by atoms with Crippen molar-refractivity contribution in [3.05, 3.63) is 23.9 Å². The van der Waals surface area contributed by atoms with Crippen LogP contribution < -0.4 is 10.1 Å². The lowest BCUT2D eigenvalue weighted by atomic mass is 10.2. The Bertz CT molecular complexity index is 306. The number of pyridine rings is 1. The molecule has 4 nitrogen and oxygen atoms in total. The van der Waals surface area contributed by atoms with E-state index in [1.165, 1.54) is 0 Å². The zero-order valence-corrected chi connectivity index (χ0v) is 7.45. The zero-order chi connectivity index (χ0) is 9.52. The number of ether oxygens (including phenoxy) is 1. The molecule has 68 valence electrons. The lowest BCUT2D eigenvalue weighted by Gasteiger charge is -2.05. The molecule has 0 aliphatic heterocycles. The average Bonchev–Trinajstić information content (AvgIpc) is 2.19. The third-order valence-electron chi connectivity index (χ3n) is 1.56. The maximum absolute atomic E-state index is 8.31. The van der Waals surface area contributed by atoms with E-state index in [1.807, 2.05) is 18.2 Å². The summed E-state index contributed by atoms with van der Waals surface area (Å²) in [6.45, 7) is 0.933. The van der Waals surface area contributed by atoms with Crippen LogP contribution in [0.3, 0.4) is 0 Å². The van der Waals surface area contributed by atoms with Gasteiger partial charge < -0.3 is 10.1 Å². The van der Waals surface area contributed by atoms with Crippen LogP contribution >= 0.6 is 0 Å². The lowest BCUT2D eigenvalue weighted by molar-refractivity contribution is 0.391. The van der Waals surface area contributed by atoms with Crippen LogP contribution in [0.25, 0.3) is 0 Å². The summed E-state index contributed by atoms with van der Waals surface area (Å²) < 4.78 is 5.04. The molecule has 0 unspecified atom stereocenters. The fourth-order valence-electron chi connectivity index (χ4n) is 0.996. The van der Waals surface area contributed by atoms with Gasteiger partial charge in [-0.25, -0.2) is 4.98 Å². The molecule has 1 heterocycles. The Labute approximate surface area is 77.2 Å². The van der Waals surface area contributed by atoms with Crippen molar-refractivity contribution in [3.8, 4) is 11.9 Å². The number of methoxy groups -OCH3 is 1. The van der Waals surface area contributed by atoms with Gasteiger partial charge in [-0.05, 0) is 6.07 Å². The number of nitrogens with one attached hydrogen (secondary N) is 1. The molecule has 1 N–H and O–H groups in total. The van der Waals surface area contributed by atoms with Crippen molar-refractivity contribution < 1.29 is 4.74 Å². The molecule has 0 spiro atoms. The number of nitriles is 1. The van der Waals surface area contributed by atoms with E-state index in [0.717, 1.165) is 5.56 Å². The Morgan fingerprint density at radius 2 is 2.54 bits per heavy atom. The molecule has 0 aliphatic carbocycles. The second-order valence-electron chi connectivity index (χ2n) is 2.43. The summed E-state index contributed by atoms with van der Waals surface area (Å²) in [5, 5.41) is 11.3. The minimum Gasteiger partial charge on any atom is -0.481 e. The van der Waals surface area contributed by atoms with Crippen molar-refractivity contribution in [2.75, 3.05) is 13.7 Å². The second-order valence-corrected chi connectivity index (χ2v) is 2.43. The highest BCUT2D eigenvalue weighted by atomic mass is 16.5. The van der Waals surface area contributed by atoms with Gasteiger partial charge in [0.05, 0.1) is 19.7 Å². The van der Waals surface area contributed by atoms with Gasteiger partial charge in [0.15, 0.2) is 0 Å². The highest BCUT2D eigenvalue weighted by Gasteiger charge is 2.00. The van der Waals surface area contributed by atoms with Crippen molar-refractivity contribution >= 4 is 0 Å². The first-order valence-corrected chi connectivity index (χ1v) is 3.94. The summed E-state index contributed by atoms with van der Waals surface area (Å²) in [6, 6.07) is 5.76. The van der Waals surface area contributed by atoms with E-state index in [2.05, 4.69) is 10.3 Å². The molecule has 4 heteroatoms. The summed E-state index contributed by atoms with van der Waals surface area (Å²) in [6.07, 6.45) is 1.67. The van der Waals surface area contributed by atoms with Gasteiger partial charge in [-0.3, -0.25) is 0 Å². The largest absolute Gasteiger partial charge is 0.481 e. The van der Waals surface area contributed by atoms with Crippen LogP contribution in [0, 0.1) is 11.3 Å². The number of hydrogen-bond acceptors (Lipinski definition) is 4. The van der Waals surface area contributed by atoms with Crippen molar-refractivity contribution in [3.63, 3.8) is 0 Å². The molecule has 13 heavy (non-hydrogen) atoms. The quantitative estimate of drug-likeness (QED) is 0.543. The summed E-state index contributed by atoms with van der Waals surface area (Å²) in [7, 11) is 1.58. The predicted octanol–water partition coefficient (Wildman–Crippen LogP) is 0.703. The SMILES string of the molecule is COc1ncccc1CNCC#N. The maximum Gasteiger partial charge on any atom is 0.217 e. The molecule has 0 aliphatic rings. The molecule has 0 bridgehead atoms. The molecular formula is C9H11N3O. The predicted molar refractivity (Wildman–Crippen MR) is 48.1 cm³/mol. The Hall–Kier alpha value is -1.60. The van der Waals surface area contributed by atoms with E-state index in [9.17, 15) is 0 Å². The van der Waals surface area contributed by atoms with E-state index < -0.39 is 0 Å². The van der Waals surface area contributed by atoms with E-state index in [1.54, 1.807) is 13.3 Å². The number of rotatable bonds is 4. The molecule has 0 aromatic carbocycles. The summed E-state index contributed by atoms with van der Waals surface area (Å²) in [5.41, 5.74) is 0.959. The van der Waals surface area contributed by atoms with Crippen LogP contribution in [-0.4, -0.2) is 18.6 Å². The Kier molecular flexibility index (Phi) is 3.74. The van der Waals surface area contributed by atoms with Gasteiger partial charge in [-0.15, -0.1) is 0 Å². The minimum absolute atomic E-state index is 0.331. The fourth-order valence-corrected chi connectivity index (χ4v) is 0.996. The average molecular weight is 177 g/mol. The lowest BCUT2D eigenvalue weighted by Crippen LogP contribution is -2.13. The highest BCUT2D eigenvalue weighted by molar-refractivity contribution is 5.25. The van der Waals surface area contributed by atoms with Crippen LogP contribution in [0.2, 0.25) is 0 Å². The van der Waals surface area contributed by atoms with E-state index in [0.29, 0.717) is 19.0 Å². The molecule has 0 amide bonds. The molecule has 0 saturated carbocycles. The highest BCUT2D eigenvalue weighted by Crippen LogP contribution is 2.12. The first kappa shape index (κ1) is 9.49. The topological polar surface area (TPSA) is 57.9 Å². The maximum atomic E-state index is 8.31. The van der Waals surface area contributed by atoms with Gasteiger partial charge in [0.25, 0.3) is 0 Å². The molecule has 1 aromatic rings. The number of hydrogen-bond donors (Lipinski definition) is 1. The molecule has 0 atom stereocenters. The van der Waals surface area contributed by atoms with Crippen molar-refractivity contribution in [1.29, 1.82) is 5.26 Å². The van der Waals surface area contributed by atoms with Crippen LogP contribution in [0.15, 0.2) is 18.3 Å². The molecule has 1 rings (SSSR count). The van der Waals surface area contributed by atoms with E-state index >= 15 is 0 Å². The third kappa shape index (κ3) is 2.73. The molecule has 0 fully saturated rings. The first-order valence-electron chi connectivity index (χ1n) is 3.94. The third-order valence-corrected chi connectivity index (χ3v) is 1.56. The minimum atomic E-state index is 0.331. The van der Waals surface area contributed by atoms with E-state index in [4.69, 9.17) is 10.00 Å². The summed E-state index contributed by atoms with van der Waals surface area (Å²) in [5.74, 6) is 0.605. The Morgan fingerprint density at radius 3 is 3.23 bits per heavy atom. The molecular weight excluding hydrogens is 166 g/mol. The molecule has 0 radical (unpaired) electrons. The van der Waals surface area contributed by atoms with Crippen molar-refractivity contribution in [1.82, 2.24) is 10.3 Å². The van der Waals surface area contributed by atoms with E-state index in [-0.39, 0.29) is 0 Å². The Balaban J connectivity index is 2.60. The van der Waals surface area contributed by atoms with Gasteiger partial charge in [0, 0.05) is 18.3 Å². The summed E-state index contributed by atoms with van der Waals surface area (Å²) in [4.78, 5) is 4.03. The molecule has 0 saturated heterocycles. The van der Waals surface area contributed by atoms with Crippen LogP contribution in [0.5, 0.6) is 5.88 Å². The van der Waals surface area contributed by atoms with Crippen molar-refractivity contribution in [2.24, 2.45) is 0 Å². The molecule has 1 aromatic heterocycles. The van der Waals surface area contributed by atoms with Gasteiger partial charge in [0.2, 0.25) is 5.88 Å². The number of nitrogens with zero attached hydrogens (tertiary/aromatic N) is 2. The second kappa shape index (κ2) is 5.12.